The number of hydrogen-bond acceptors (Lipinski definition) is 6. The zero-order valence-electron chi connectivity index (χ0n) is 23.1. The molecular formula is C30H30F3N5O5. The lowest BCUT2D eigenvalue weighted by Crippen LogP contribution is -2.48. The van der Waals surface area contributed by atoms with Crippen LogP contribution in [0.3, 0.4) is 0 Å². The van der Waals surface area contributed by atoms with Crippen LogP contribution in [0.15, 0.2) is 72.8 Å². The first-order valence-electron chi connectivity index (χ1n) is 12.9. The standard InChI is InChI=1S/C28H29N5O3.C2HF3O2/c1-2-36-28(35)33-25(17-20-6-5-8-22(16-20)26(30)31)27(34)32-15-14-19-10-12-21(13-11-19)24-9-4-3-7-23(24)18-29;3-2(4,5)1(6)7/h3-13,16,25H,2,14-15,17H2,1H3,(H3,30,31)(H,32,34)(H,33,35);(H,6,7)/t25-;/m0./s1. The number of aliphatic carboxylic acids is 1. The van der Waals surface area contributed by atoms with Crippen molar-refractivity contribution in [1.29, 1.82) is 10.7 Å². The van der Waals surface area contributed by atoms with Crippen LogP contribution in [0.2, 0.25) is 0 Å². The number of hydrogen-bond donors (Lipinski definition) is 5. The Morgan fingerprint density at radius 1 is 1.05 bits per heavy atom. The van der Waals surface area contributed by atoms with E-state index in [0.29, 0.717) is 24.1 Å². The third kappa shape index (κ3) is 11.2. The predicted molar refractivity (Wildman–Crippen MR) is 152 cm³/mol. The summed E-state index contributed by atoms with van der Waals surface area (Å²) in [6.45, 7) is 2.26. The molecule has 0 aliphatic carbocycles. The van der Waals surface area contributed by atoms with Gasteiger partial charge in [-0.1, -0.05) is 60.7 Å². The van der Waals surface area contributed by atoms with Crippen molar-refractivity contribution in [2.75, 3.05) is 13.2 Å². The monoisotopic (exact) mass is 597 g/mol. The van der Waals surface area contributed by atoms with E-state index in [1.807, 2.05) is 48.5 Å². The summed E-state index contributed by atoms with van der Waals surface area (Å²) in [6, 6.07) is 23.7. The maximum absolute atomic E-state index is 12.9. The van der Waals surface area contributed by atoms with Gasteiger partial charge in [-0.3, -0.25) is 10.2 Å². The first-order valence-corrected chi connectivity index (χ1v) is 12.9. The largest absolute Gasteiger partial charge is 0.490 e. The van der Waals surface area contributed by atoms with Crippen LogP contribution in [-0.4, -0.2) is 54.3 Å². The average molecular weight is 598 g/mol. The molecule has 0 radical (unpaired) electrons. The van der Waals surface area contributed by atoms with Gasteiger partial charge in [0.2, 0.25) is 5.91 Å². The molecular weight excluding hydrogens is 567 g/mol. The second-order valence-electron chi connectivity index (χ2n) is 8.93. The molecule has 0 spiro atoms. The van der Waals surface area contributed by atoms with E-state index in [1.54, 1.807) is 31.2 Å². The van der Waals surface area contributed by atoms with Crippen molar-refractivity contribution < 1.29 is 37.4 Å². The van der Waals surface area contributed by atoms with Gasteiger partial charge in [-0.15, -0.1) is 0 Å². The number of nitriles is 1. The highest BCUT2D eigenvalue weighted by Crippen LogP contribution is 2.23. The molecule has 226 valence electrons. The van der Waals surface area contributed by atoms with E-state index < -0.39 is 24.3 Å². The summed E-state index contributed by atoms with van der Waals surface area (Å²) in [5, 5.41) is 29.6. The van der Waals surface area contributed by atoms with Gasteiger partial charge in [0.05, 0.1) is 18.2 Å². The number of amidine groups is 1. The number of carboxylic acids is 1. The molecule has 6 N–H and O–H groups in total. The third-order valence-corrected chi connectivity index (χ3v) is 5.83. The molecule has 43 heavy (non-hydrogen) atoms. The number of carbonyl (C=O) groups is 3. The normalized spacial score (nSPS) is 11.1. The number of carboxylic acid groups (broad SMARTS) is 1. The SMILES string of the molecule is CCOC(=O)N[C@@H](Cc1cccc(C(=N)N)c1)C(=O)NCCc1ccc(-c2ccccc2C#N)cc1.O=C(O)C(F)(F)F. The fourth-order valence-electron chi connectivity index (χ4n) is 3.76. The quantitative estimate of drug-likeness (QED) is 0.172. The van der Waals surface area contributed by atoms with Crippen molar-refractivity contribution in [3.05, 3.63) is 95.1 Å². The number of nitrogens with one attached hydrogen (secondary N) is 3. The van der Waals surface area contributed by atoms with Crippen LogP contribution < -0.4 is 16.4 Å². The molecule has 10 nitrogen and oxygen atoms in total. The number of ether oxygens (including phenoxy) is 1. The lowest BCUT2D eigenvalue weighted by Gasteiger charge is -2.19. The Balaban J connectivity index is 0.000000821. The van der Waals surface area contributed by atoms with E-state index in [-0.39, 0.29) is 24.8 Å². The number of alkyl carbamates (subject to hydrolysis) is 1. The zero-order valence-corrected chi connectivity index (χ0v) is 23.1. The predicted octanol–water partition coefficient (Wildman–Crippen LogP) is 4.16. The highest BCUT2D eigenvalue weighted by Gasteiger charge is 2.38. The number of carbonyl (C=O) groups excluding carboxylic acids is 2. The zero-order chi connectivity index (χ0) is 32.0. The minimum Gasteiger partial charge on any atom is -0.475 e. The second kappa shape index (κ2) is 16.2. The van der Waals surface area contributed by atoms with Crippen LogP contribution in [0.1, 0.15) is 29.2 Å². The maximum Gasteiger partial charge on any atom is 0.490 e. The van der Waals surface area contributed by atoms with Crippen molar-refractivity contribution in [3.8, 4) is 17.2 Å². The summed E-state index contributed by atoms with van der Waals surface area (Å²) >= 11 is 0. The number of benzene rings is 3. The Morgan fingerprint density at radius 3 is 2.28 bits per heavy atom. The van der Waals surface area contributed by atoms with Gasteiger partial charge in [0.25, 0.3) is 0 Å². The van der Waals surface area contributed by atoms with Crippen LogP contribution in [-0.2, 0) is 27.2 Å². The molecule has 3 rings (SSSR count). The first-order chi connectivity index (χ1) is 20.3. The Hall–Kier alpha value is -5.38. The highest BCUT2D eigenvalue weighted by atomic mass is 19.4. The lowest BCUT2D eigenvalue weighted by molar-refractivity contribution is -0.192. The summed E-state index contributed by atoms with van der Waals surface area (Å²) in [4.78, 5) is 33.8. The van der Waals surface area contributed by atoms with Crippen LogP contribution >= 0.6 is 0 Å². The molecule has 0 fully saturated rings. The minimum atomic E-state index is -5.08. The number of rotatable bonds is 10. The van der Waals surface area contributed by atoms with Gasteiger partial charge in [-0.05, 0) is 47.7 Å². The molecule has 13 heteroatoms. The van der Waals surface area contributed by atoms with Crippen molar-refractivity contribution in [3.63, 3.8) is 0 Å². The van der Waals surface area contributed by atoms with Crippen LogP contribution in [0.4, 0.5) is 18.0 Å². The second-order valence-corrected chi connectivity index (χ2v) is 8.93. The van der Waals surface area contributed by atoms with Gasteiger partial charge in [0.15, 0.2) is 0 Å². The van der Waals surface area contributed by atoms with Gasteiger partial charge < -0.3 is 26.2 Å². The van der Waals surface area contributed by atoms with Crippen molar-refractivity contribution in [1.82, 2.24) is 10.6 Å². The number of alkyl halides is 3. The van der Waals surface area contributed by atoms with Gasteiger partial charge in [0.1, 0.15) is 11.9 Å². The number of halogens is 3. The smallest absolute Gasteiger partial charge is 0.475 e. The summed E-state index contributed by atoms with van der Waals surface area (Å²) in [5.41, 5.74) is 10.3. The number of amides is 2. The molecule has 0 unspecified atom stereocenters. The van der Waals surface area contributed by atoms with Crippen LogP contribution in [0.25, 0.3) is 11.1 Å². The van der Waals surface area contributed by atoms with Crippen molar-refractivity contribution >= 4 is 23.8 Å². The maximum atomic E-state index is 12.9. The molecule has 2 amide bonds. The van der Waals surface area contributed by atoms with E-state index >= 15 is 0 Å². The third-order valence-electron chi connectivity index (χ3n) is 5.83. The first kappa shape index (κ1) is 33.8. The van der Waals surface area contributed by atoms with Crippen molar-refractivity contribution in [2.45, 2.75) is 32.0 Å². The Bertz CT molecular complexity index is 1470. The van der Waals surface area contributed by atoms with Crippen LogP contribution in [0.5, 0.6) is 0 Å². The Kier molecular flexibility index (Phi) is 12.7. The van der Waals surface area contributed by atoms with Crippen LogP contribution in [0, 0.1) is 16.7 Å². The fourth-order valence-corrected chi connectivity index (χ4v) is 3.76. The van der Waals surface area contributed by atoms with Gasteiger partial charge >= 0.3 is 18.2 Å². The van der Waals surface area contributed by atoms with Gasteiger partial charge in [-0.2, -0.15) is 18.4 Å². The molecule has 0 heterocycles. The fraction of sp³-hybridized carbons (Fsp3) is 0.233. The molecule has 1 atom stereocenters. The molecule has 0 bridgehead atoms. The summed E-state index contributed by atoms with van der Waals surface area (Å²) in [5.74, 6) is -3.17. The molecule has 0 saturated heterocycles. The average Bonchev–Trinajstić information content (AvgIpc) is 2.97. The summed E-state index contributed by atoms with van der Waals surface area (Å²) in [6.07, 6.45) is -4.94. The van der Waals surface area contributed by atoms with E-state index in [0.717, 1.165) is 22.3 Å². The molecule has 0 aliphatic rings. The summed E-state index contributed by atoms with van der Waals surface area (Å²) < 4.78 is 36.7. The molecule has 3 aromatic rings. The minimum absolute atomic E-state index is 0.0710. The van der Waals surface area contributed by atoms with Gasteiger partial charge in [-0.25, -0.2) is 9.59 Å². The van der Waals surface area contributed by atoms with E-state index in [4.69, 9.17) is 25.8 Å². The number of nitrogen functional groups attached to an aromatic ring is 1. The molecule has 0 aromatic heterocycles. The Labute approximate surface area is 245 Å². The number of nitrogens with two attached hydrogens (primary N) is 1. The lowest BCUT2D eigenvalue weighted by atomic mass is 9.99. The van der Waals surface area contributed by atoms with E-state index in [9.17, 15) is 28.0 Å². The molecule has 0 saturated carbocycles. The topological polar surface area (TPSA) is 178 Å². The molecule has 3 aromatic carbocycles. The van der Waals surface area contributed by atoms with E-state index in [2.05, 4.69) is 16.7 Å². The molecule has 0 aliphatic heterocycles. The van der Waals surface area contributed by atoms with E-state index in [1.165, 1.54) is 0 Å². The van der Waals surface area contributed by atoms with Crippen molar-refractivity contribution in [2.24, 2.45) is 5.73 Å². The Morgan fingerprint density at radius 2 is 1.70 bits per heavy atom. The highest BCUT2D eigenvalue weighted by molar-refractivity contribution is 5.95. The summed E-state index contributed by atoms with van der Waals surface area (Å²) in [7, 11) is 0. The number of nitrogens with zero attached hydrogens (tertiary/aromatic N) is 1. The van der Waals surface area contributed by atoms with Gasteiger partial charge in [0, 0.05) is 18.5 Å².